The van der Waals surface area contributed by atoms with Gasteiger partial charge in [0.25, 0.3) is 0 Å². The van der Waals surface area contributed by atoms with Crippen LogP contribution in [0, 0.1) is 0 Å². The Labute approximate surface area is 99.2 Å². The summed E-state index contributed by atoms with van der Waals surface area (Å²) in [6, 6.07) is 0. The highest BCUT2D eigenvalue weighted by molar-refractivity contribution is 6.22. The summed E-state index contributed by atoms with van der Waals surface area (Å²) in [4.78, 5) is 11.3. The molecule has 0 spiro atoms. The minimum atomic E-state index is -0.874. The fourth-order valence-electron chi connectivity index (χ4n) is 0.731. The van der Waals surface area contributed by atoms with Crippen LogP contribution >= 0.6 is 34.8 Å². The van der Waals surface area contributed by atoms with Gasteiger partial charge in [0.15, 0.2) is 0 Å². The zero-order chi connectivity index (χ0) is 11.2. The summed E-state index contributed by atoms with van der Waals surface area (Å²) in [6.45, 7) is 5.04. The second-order valence-electron chi connectivity index (χ2n) is 3.06. The molecular formula is C9H13Cl3O2. The quantitative estimate of drug-likeness (QED) is 0.416. The lowest BCUT2D eigenvalue weighted by atomic mass is 10.1. The van der Waals surface area contributed by atoms with Crippen LogP contribution in [0.25, 0.3) is 0 Å². The molecule has 0 bridgehead atoms. The average molecular weight is 260 g/mol. The molecule has 0 rings (SSSR count). The van der Waals surface area contributed by atoms with Gasteiger partial charge in [-0.05, 0) is 6.92 Å². The molecule has 0 aliphatic rings. The van der Waals surface area contributed by atoms with E-state index in [-0.39, 0.29) is 11.8 Å². The van der Waals surface area contributed by atoms with Crippen molar-refractivity contribution < 1.29 is 9.53 Å². The Morgan fingerprint density at radius 3 is 2.14 bits per heavy atom. The third kappa shape index (κ3) is 4.07. The molecule has 0 atom stereocenters. The van der Waals surface area contributed by atoms with Crippen LogP contribution in [0.15, 0.2) is 12.2 Å². The minimum absolute atomic E-state index is 0.127. The van der Waals surface area contributed by atoms with Crippen LogP contribution in [-0.2, 0) is 9.53 Å². The zero-order valence-corrected chi connectivity index (χ0v) is 10.3. The summed E-state index contributed by atoms with van der Waals surface area (Å²) in [5, 5.41) is 0. The lowest BCUT2D eigenvalue weighted by Crippen LogP contribution is -2.40. The number of ether oxygens (including phenoxy) is 1. The summed E-state index contributed by atoms with van der Waals surface area (Å²) < 4.78 is 5.15. The standard InChI is InChI=1S/C9H13Cl3O2/c1-7(2)8(13)14-9(5-11,6-12)3-4-10/h1,3-6H2,2H3. The van der Waals surface area contributed by atoms with Gasteiger partial charge in [0.1, 0.15) is 5.60 Å². The normalized spacial score (nSPS) is 11.1. The highest BCUT2D eigenvalue weighted by Crippen LogP contribution is 2.22. The van der Waals surface area contributed by atoms with Gasteiger partial charge in [-0.1, -0.05) is 6.58 Å². The van der Waals surface area contributed by atoms with E-state index in [1.54, 1.807) is 6.92 Å². The van der Waals surface area contributed by atoms with Crippen molar-refractivity contribution in [2.75, 3.05) is 17.6 Å². The number of carbonyl (C=O) groups is 1. The number of alkyl halides is 3. The van der Waals surface area contributed by atoms with Crippen molar-refractivity contribution in [1.82, 2.24) is 0 Å². The van der Waals surface area contributed by atoms with Gasteiger partial charge >= 0.3 is 5.97 Å². The Hall–Kier alpha value is 0.0800. The van der Waals surface area contributed by atoms with Gasteiger partial charge in [-0.25, -0.2) is 4.79 Å². The molecule has 0 aromatic carbocycles. The van der Waals surface area contributed by atoms with Crippen LogP contribution in [0.2, 0.25) is 0 Å². The Bertz CT molecular complexity index is 212. The second kappa shape index (κ2) is 6.54. The first-order valence-electron chi connectivity index (χ1n) is 4.08. The summed E-state index contributed by atoms with van der Waals surface area (Å²) >= 11 is 17.0. The first-order chi connectivity index (χ1) is 6.51. The molecule has 0 amide bonds. The lowest BCUT2D eigenvalue weighted by molar-refractivity contribution is -0.150. The highest BCUT2D eigenvalue weighted by Gasteiger charge is 2.32. The van der Waals surface area contributed by atoms with Gasteiger partial charge in [0.2, 0.25) is 0 Å². The molecule has 0 aliphatic heterocycles. The van der Waals surface area contributed by atoms with Crippen molar-refractivity contribution in [2.24, 2.45) is 0 Å². The van der Waals surface area contributed by atoms with E-state index in [4.69, 9.17) is 39.5 Å². The molecule has 0 saturated carbocycles. The number of rotatable bonds is 6. The van der Waals surface area contributed by atoms with E-state index in [0.29, 0.717) is 17.9 Å². The Morgan fingerprint density at radius 2 is 1.86 bits per heavy atom. The van der Waals surface area contributed by atoms with Crippen LogP contribution in [0.1, 0.15) is 13.3 Å². The van der Waals surface area contributed by atoms with Gasteiger partial charge in [-0.3, -0.25) is 0 Å². The molecule has 0 saturated heterocycles. The first kappa shape index (κ1) is 14.1. The van der Waals surface area contributed by atoms with Gasteiger partial charge in [0.05, 0.1) is 11.8 Å². The van der Waals surface area contributed by atoms with E-state index in [1.165, 1.54) is 0 Å². The van der Waals surface area contributed by atoms with Gasteiger partial charge in [-0.2, -0.15) is 0 Å². The maximum Gasteiger partial charge on any atom is 0.333 e. The fourth-order valence-corrected chi connectivity index (χ4v) is 1.74. The van der Waals surface area contributed by atoms with Crippen molar-refractivity contribution in [3.63, 3.8) is 0 Å². The van der Waals surface area contributed by atoms with Crippen LogP contribution in [0.4, 0.5) is 0 Å². The molecule has 0 aromatic rings. The van der Waals surface area contributed by atoms with Crippen molar-refractivity contribution in [3.05, 3.63) is 12.2 Å². The molecule has 0 unspecified atom stereocenters. The SMILES string of the molecule is C=C(C)C(=O)OC(CCl)(CCl)CCCl. The molecular weight excluding hydrogens is 246 g/mol. The topological polar surface area (TPSA) is 26.3 Å². The zero-order valence-electron chi connectivity index (χ0n) is 7.99. The Kier molecular flexibility index (Phi) is 6.58. The smallest absolute Gasteiger partial charge is 0.333 e. The number of hydrogen-bond acceptors (Lipinski definition) is 2. The maximum atomic E-state index is 11.3. The molecule has 0 aromatic heterocycles. The molecule has 0 heterocycles. The summed E-state index contributed by atoms with van der Waals surface area (Å²) in [5.74, 6) is 0.101. The van der Waals surface area contributed by atoms with E-state index < -0.39 is 11.6 Å². The summed E-state index contributed by atoms with van der Waals surface area (Å²) in [7, 11) is 0. The van der Waals surface area contributed by atoms with Gasteiger partial charge in [-0.15, -0.1) is 34.8 Å². The molecule has 0 fully saturated rings. The third-order valence-electron chi connectivity index (χ3n) is 1.69. The number of carbonyl (C=O) groups excluding carboxylic acids is 1. The van der Waals surface area contributed by atoms with Crippen molar-refractivity contribution in [2.45, 2.75) is 18.9 Å². The minimum Gasteiger partial charge on any atom is -0.453 e. The predicted octanol–water partition coefficient (Wildman–Crippen LogP) is 2.95. The van der Waals surface area contributed by atoms with Crippen LogP contribution in [-0.4, -0.2) is 29.2 Å². The monoisotopic (exact) mass is 258 g/mol. The van der Waals surface area contributed by atoms with E-state index >= 15 is 0 Å². The number of halogens is 3. The average Bonchev–Trinajstić information content (AvgIpc) is 2.16. The fraction of sp³-hybridized carbons (Fsp3) is 0.667. The van der Waals surface area contributed by atoms with Crippen molar-refractivity contribution >= 4 is 40.8 Å². The first-order valence-corrected chi connectivity index (χ1v) is 5.68. The molecule has 0 aliphatic carbocycles. The van der Waals surface area contributed by atoms with Crippen LogP contribution in [0.3, 0.4) is 0 Å². The van der Waals surface area contributed by atoms with E-state index in [9.17, 15) is 4.79 Å². The Balaban J connectivity index is 4.49. The van der Waals surface area contributed by atoms with Crippen LogP contribution < -0.4 is 0 Å². The molecule has 14 heavy (non-hydrogen) atoms. The molecule has 82 valence electrons. The van der Waals surface area contributed by atoms with Gasteiger partial charge in [0, 0.05) is 17.9 Å². The molecule has 2 nitrogen and oxygen atoms in total. The second-order valence-corrected chi connectivity index (χ2v) is 3.97. The highest BCUT2D eigenvalue weighted by atomic mass is 35.5. The van der Waals surface area contributed by atoms with Crippen LogP contribution in [0.5, 0.6) is 0 Å². The number of esters is 1. The van der Waals surface area contributed by atoms with Crippen molar-refractivity contribution in [3.8, 4) is 0 Å². The molecule has 0 N–H and O–H groups in total. The van der Waals surface area contributed by atoms with Crippen molar-refractivity contribution in [1.29, 1.82) is 0 Å². The lowest BCUT2D eigenvalue weighted by Gasteiger charge is -2.28. The molecule has 0 radical (unpaired) electrons. The predicted molar refractivity (Wildman–Crippen MR) is 60.4 cm³/mol. The summed E-state index contributed by atoms with van der Waals surface area (Å²) in [6.07, 6.45) is 0.431. The summed E-state index contributed by atoms with van der Waals surface area (Å²) in [5.41, 5.74) is -0.555. The number of hydrogen-bond donors (Lipinski definition) is 0. The largest absolute Gasteiger partial charge is 0.453 e. The van der Waals surface area contributed by atoms with E-state index in [0.717, 1.165) is 0 Å². The maximum absolute atomic E-state index is 11.3. The molecule has 5 heteroatoms. The van der Waals surface area contributed by atoms with Gasteiger partial charge < -0.3 is 4.74 Å². The van der Waals surface area contributed by atoms with E-state index in [2.05, 4.69) is 6.58 Å². The Morgan fingerprint density at radius 1 is 1.36 bits per heavy atom. The van der Waals surface area contributed by atoms with E-state index in [1.807, 2.05) is 0 Å². The third-order valence-corrected chi connectivity index (χ3v) is 2.86.